The first-order valence-electron chi connectivity index (χ1n) is 17.4. The molecule has 0 fully saturated rings. The number of fused-ring (bicyclic) bond motifs is 10. The van der Waals surface area contributed by atoms with Crippen molar-refractivity contribution in [1.82, 2.24) is 9.13 Å². The van der Waals surface area contributed by atoms with Crippen molar-refractivity contribution in [3.63, 3.8) is 0 Å². The minimum absolute atomic E-state index is 0.907. The van der Waals surface area contributed by atoms with Gasteiger partial charge in [-0.3, -0.25) is 0 Å². The van der Waals surface area contributed by atoms with Crippen LogP contribution in [0.2, 0.25) is 0 Å². The summed E-state index contributed by atoms with van der Waals surface area (Å²) in [4.78, 5) is 0. The number of rotatable bonds is 4. The largest absolute Gasteiger partial charge is 0.455 e. The number of para-hydroxylation sites is 3. The lowest BCUT2D eigenvalue weighted by Gasteiger charge is -2.11. The van der Waals surface area contributed by atoms with Crippen LogP contribution in [-0.4, -0.2) is 9.13 Å². The van der Waals surface area contributed by atoms with Gasteiger partial charge in [-0.05, 0) is 89.0 Å². The molecule has 51 heavy (non-hydrogen) atoms. The number of nitrogens with zero attached hydrogens (tertiary/aromatic N) is 2. The van der Waals surface area contributed by atoms with Gasteiger partial charge in [0.1, 0.15) is 11.2 Å². The van der Waals surface area contributed by atoms with Crippen LogP contribution in [-0.2, 0) is 0 Å². The van der Waals surface area contributed by atoms with Gasteiger partial charge in [0.25, 0.3) is 0 Å². The predicted octanol–water partition coefficient (Wildman–Crippen LogP) is 13.1. The fourth-order valence-electron chi connectivity index (χ4n) is 8.18. The van der Waals surface area contributed by atoms with Gasteiger partial charge in [-0.2, -0.15) is 0 Å². The van der Waals surface area contributed by atoms with Crippen LogP contribution in [0.5, 0.6) is 0 Å². The SMILES string of the molecule is c1ccc(-c2ccc3c(c2)oc2c3ccc3c2c2ccccc2n3-c2ccc(-c3ccc(-n4c5ccccc5c5ccccc54)cc3)cc2)cc1. The van der Waals surface area contributed by atoms with Crippen molar-refractivity contribution in [3.05, 3.63) is 182 Å². The van der Waals surface area contributed by atoms with Crippen LogP contribution < -0.4 is 0 Å². The molecular weight excluding hydrogens is 621 g/mol. The van der Waals surface area contributed by atoms with Gasteiger partial charge >= 0.3 is 0 Å². The molecule has 0 unspecified atom stereocenters. The third-order valence-electron chi connectivity index (χ3n) is 10.5. The molecule has 3 nitrogen and oxygen atoms in total. The van der Waals surface area contributed by atoms with Crippen LogP contribution in [0, 0.1) is 0 Å². The molecule has 0 saturated heterocycles. The summed E-state index contributed by atoms with van der Waals surface area (Å²) < 4.78 is 11.5. The summed E-state index contributed by atoms with van der Waals surface area (Å²) in [6.07, 6.45) is 0. The molecule has 3 heterocycles. The maximum atomic E-state index is 6.73. The fourth-order valence-corrected chi connectivity index (χ4v) is 8.18. The van der Waals surface area contributed by atoms with Crippen LogP contribution in [0.1, 0.15) is 0 Å². The predicted molar refractivity (Wildman–Crippen MR) is 213 cm³/mol. The van der Waals surface area contributed by atoms with E-state index in [0.29, 0.717) is 0 Å². The van der Waals surface area contributed by atoms with Crippen molar-refractivity contribution in [3.8, 4) is 33.6 Å². The molecule has 0 radical (unpaired) electrons. The molecule has 0 aliphatic heterocycles. The molecule has 0 saturated carbocycles. The fraction of sp³-hybridized carbons (Fsp3) is 0. The standard InChI is InChI=1S/C48H30N2O/c1-2-10-31(11-3-1)34-22-27-39-40-28-29-45-47(48(40)51-46(39)30-34)41-14-6-9-17-44(41)50(45)36-25-20-33(21-26-36)32-18-23-35(24-19-32)49-42-15-7-4-12-37(42)38-13-5-8-16-43(38)49/h1-30H. The normalized spacial score (nSPS) is 11.9. The van der Waals surface area contributed by atoms with Crippen molar-refractivity contribution in [1.29, 1.82) is 0 Å². The van der Waals surface area contributed by atoms with Gasteiger partial charge < -0.3 is 13.6 Å². The van der Waals surface area contributed by atoms with E-state index < -0.39 is 0 Å². The van der Waals surface area contributed by atoms with Gasteiger partial charge in [0.15, 0.2) is 0 Å². The summed E-state index contributed by atoms with van der Waals surface area (Å²) in [7, 11) is 0. The molecule has 11 aromatic rings. The molecule has 238 valence electrons. The zero-order valence-electron chi connectivity index (χ0n) is 27.6. The van der Waals surface area contributed by atoms with Crippen LogP contribution in [0.4, 0.5) is 0 Å². The van der Waals surface area contributed by atoms with Crippen molar-refractivity contribution < 1.29 is 4.42 Å². The first-order chi connectivity index (χ1) is 25.3. The Morgan fingerprint density at radius 2 is 0.784 bits per heavy atom. The van der Waals surface area contributed by atoms with E-state index in [1.807, 2.05) is 0 Å². The first-order valence-corrected chi connectivity index (χ1v) is 17.4. The van der Waals surface area contributed by atoms with E-state index in [9.17, 15) is 0 Å². The molecule has 0 atom stereocenters. The topological polar surface area (TPSA) is 23.0 Å². The Morgan fingerprint density at radius 3 is 1.41 bits per heavy atom. The minimum Gasteiger partial charge on any atom is -0.455 e. The van der Waals surface area contributed by atoms with Gasteiger partial charge in [0.2, 0.25) is 0 Å². The molecule has 11 rings (SSSR count). The van der Waals surface area contributed by atoms with Crippen molar-refractivity contribution in [2.45, 2.75) is 0 Å². The van der Waals surface area contributed by atoms with E-state index in [1.54, 1.807) is 0 Å². The Labute approximate surface area is 293 Å². The lowest BCUT2D eigenvalue weighted by molar-refractivity contribution is 0.673. The maximum Gasteiger partial charge on any atom is 0.145 e. The number of benzene rings is 8. The van der Waals surface area contributed by atoms with E-state index in [-0.39, 0.29) is 0 Å². The van der Waals surface area contributed by atoms with Crippen LogP contribution in [0.3, 0.4) is 0 Å². The van der Waals surface area contributed by atoms with Crippen LogP contribution in [0.15, 0.2) is 186 Å². The molecule has 0 aliphatic rings. The molecule has 0 aliphatic carbocycles. The molecule has 0 bridgehead atoms. The maximum absolute atomic E-state index is 6.73. The zero-order valence-corrected chi connectivity index (χ0v) is 27.6. The average molecular weight is 651 g/mol. The van der Waals surface area contributed by atoms with E-state index >= 15 is 0 Å². The molecular formula is C48H30N2O. The van der Waals surface area contributed by atoms with Gasteiger partial charge in [-0.15, -0.1) is 0 Å². The highest BCUT2D eigenvalue weighted by Gasteiger charge is 2.19. The average Bonchev–Trinajstić information content (AvgIpc) is 3.86. The van der Waals surface area contributed by atoms with E-state index in [0.717, 1.165) is 55.3 Å². The second kappa shape index (κ2) is 10.8. The van der Waals surface area contributed by atoms with Crippen molar-refractivity contribution >= 4 is 65.6 Å². The van der Waals surface area contributed by atoms with Gasteiger partial charge in [-0.1, -0.05) is 115 Å². The van der Waals surface area contributed by atoms with E-state index in [4.69, 9.17) is 4.42 Å². The summed E-state index contributed by atoms with van der Waals surface area (Å²) >= 11 is 0. The van der Waals surface area contributed by atoms with Crippen LogP contribution in [0.25, 0.3) is 99.2 Å². The van der Waals surface area contributed by atoms with Gasteiger partial charge in [0, 0.05) is 38.3 Å². The Balaban J connectivity index is 1.000. The molecule has 0 N–H and O–H groups in total. The highest BCUT2D eigenvalue weighted by molar-refractivity contribution is 6.24. The van der Waals surface area contributed by atoms with Crippen molar-refractivity contribution in [2.24, 2.45) is 0 Å². The summed E-state index contributed by atoms with van der Waals surface area (Å²) in [6, 6.07) is 65.3. The quantitative estimate of drug-likeness (QED) is 0.186. The van der Waals surface area contributed by atoms with Crippen molar-refractivity contribution in [2.75, 3.05) is 0 Å². The highest BCUT2D eigenvalue weighted by Crippen LogP contribution is 2.41. The second-order valence-electron chi connectivity index (χ2n) is 13.3. The lowest BCUT2D eigenvalue weighted by atomic mass is 10.0. The zero-order chi connectivity index (χ0) is 33.5. The Bertz CT molecular complexity index is 3050. The van der Waals surface area contributed by atoms with E-state index in [1.165, 1.54) is 43.9 Å². The summed E-state index contributed by atoms with van der Waals surface area (Å²) in [5, 5.41) is 7.15. The highest BCUT2D eigenvalue weighted by atomic mass is 16.3. The number of hydrogen-bond acceptors (Lipinski definition) is 1. The molecule has 0 amide bonds. The Morgan fingerprint density at radius 1 is 0.314 bits per heavy atom. The Kier molecular flexibility index (Phi) is 5.96. The Hall–Kier alpha value is -6.84. The summed E-state index contributed by atoms with van der Waals surface area (Å²) in [6.45, 7) is 0. The molecule has 8 aromatic carbocycles. The third-order valence-corrected chi connectivity index (χ3v) is 10.5. The summed E-state index contributed by atoms with van der Waals surface area (Å²) in [5.74, 6) is 0. The first kappa shape index (κ1) is 28.0. The number of furan rings is 1. The number of aromatic nitrogens is 2. The molecule has 3 aromatic heterocycles. The molecule has 3 heteroatoms. The third kappa shape index (κ3) is 4.19. The monoisotopic (exact) mass is 650 g/mol. The van der Waals surface area contributed by atoms with E-state index in [2.05, 4.69) is 191 Å². The van der Waals surface area contributed by atoms with Gasteiger partial charge in [0.05, 0.1) is 27.5 Å². The summed E-state index contributed by atoms with van der Waals surface area (Å²) in [5.41, 5.74) is 13.6. The smallest absolute Gasteiger partial charge is 0.145 e. The minimum atomic E-state index is 0.907. The second-order valence-corrected chi connectivity index (χ2v) is 13.3. The number of hydrogen-bond donors (Lipinski definition) is 0. The molecule has 0 spiro atoms. The van der Waals surface area contributed by atoms with Gasteiger partial charge in [-0.25, -0.2) is 0 Å². The lowest BCUT2D eigenvalue weighted by Crippen LogP contribution is -1.94. The van der Waals surface area contributed by atoms with Crippen LogP contribution >= 0.6 is 0 Å².